The zero-order valence-corrected chi connectivity index (χ0v) is 10.8. The van der Waals surface area contributed by atoms with Crippen molar-refractivity contribution in [3.8, 4) is 0 Å². The van der Waals surface area contributed by atoms with Crippen molar-refractivity contribution in [3.63, 3.8) is 0 Å². The molecule has 0 amide bonds. The molecule has 3 rings (SSSR count). The van der Waals surface area contributed by atoms with Crippen LogP contribution < -0.4 is 5.32 Å². The van der Waals surface area contributed by atoms with Gasteiger partial charge in [-0.3, -0.25) is 0 Å². The van der Waals surface area contributed by atoms with Gasteiger partial charge in [0.05, 0.1) is 11.7 Å². The summed E-state index contributed by atoms with van der Waals surface area (Å²) in [7, 11) is 1.94. The Morgan fingerprint density at radius 1 is 1.11 bits per heavy atom. The lowest BCUT2D eigenvalue weighted by Crippen LogP contribution is -2.18. The first-order valence-corrected chi connectivity index (χ1v) is 6.65. The van der Waals surface area contributed by atoms with Crippen molar-refractivity contribution in [3.05, 3.63) is 59.1 Å². The molecule has 0 spiro atoms. The van der Waals surface area contributed by atoms with E-state index in [0.717, 1.165) is 5.69 Å². The van der Waals surface area contributed by atoms with E-state index >= 15 is 0 Å². The van der Waals surface area contributed by atoms with Gasteiger partial charge in [-0.15, -0.1) is 5.10 Å². The zero-order chi connectivity index (χ0) is 12.4. The highest BCUT2D eigenvalue weighted by molar-refractivity contribution is 7.03. The van der Waals surface area contributed by atoms with Crippen molar-refractivity contribution in [1.29, 1.82) is 0 Å². The van der Waals surface area contributed by atoms with E-state index in [9.17, 15) is 0 Å². The molecule has 0 bridgehead atoms. The predicted octanol–water partition coefficient (Wildman–Crippen LogP) is 3.00. The van der Waals surface area contributed by atoms with Crippen LogP contribution in [-0.4, -0.2) is 16.6 Å². The van der Waals surface area contributed by atoms with Crippen LogP contribution in [0, 0.1) is 0 Å². The van der Waals surface area contributed by atoms with E-state index in [2.05, 4.69) is 57.4 Å². The maximum absolute atomic E-state index is 4.15. The number of aromatic nitrogens is 2. The Hall–Kier alpha value is -1.78. The van der Waals surface area contributed by atoms with Crippen LogP contribution >= 0.6 is 11.5 Å². The second-order valence-electron chi connectivity index (χ2n) is 4.16. The monoisotopic (exact) mass is 255 g/mol. The first-order valence-electron chi connectivity index (χ1n) is 5.81. The van der Waals surface area contributed by atoms with Crippen LogP contribution in [0.4, 0.5) is 0 Å². The predicted molar refractivity (Wildman–Crippen MR) is 74.8 cm³/mol. The summed E-state index contributed by atoms with van der Waals surface area (Å²) in [5, 5.41) is 11.9. The second kappa shape index (κ2) is 4.84. The molecular weight excluding hydrogens is 242 g/mol. The maximum Gasteiger partial charge on any atom is 0.0970 e. The fourth-order valence-electron chi connectivity index (χ4n) is 2.17. The van der Waals surface area contributed by atoms with E-state index in [4.69, 9.17) is 0 Å². The van der Waals surface area contributed by atoms with Gasteiger partial charge < -0.3 is 5.32 Å². The van der Waals surface area contributed by atoms with E-state index in [-0.39, 0.29) is 6.04 Å². The number of benzene rings is 2. The van der Waals surface area contributed by atoms with Gasteiger partial charge in [-0.05, 0) is 41.0 Å². The Morgan fingerprint density at radius 2 is 1.94 bits per heavy atom. The lowest BCUT2D eigenvalue weighted by molar-refractivity contribution is 0.668. The number of hydrogen-bond donors (Lipinski definition) is 1. The van der Waals surface area contributed by atoms with Crippen molar-refractivity contribution in [2.45, 2.75) is 6.04 Å². The van der Waals surface area contributed by atoms with Crippen LogP contribution in [0.5, 0.6) is 0 Å². The van der Waals surface area contributed by atoms with Gasteiger partial charge in [-0.1, -0.05) is 40.9 Å². The van der Waals surface area contributed by atoms with Gasteiger partial charge in [0.25, 0.3) is 0 Å². The van der Waals surface area contributed by atoms with Crippen molar-refractivity contribution in [1.82, 2.24) is 14.9 Å². The summed E-state index contributed by atoms with van der Waals surface area (Å²) in [6, 6.07) is 15.0. The molecule has 0 fully saturated rings. The van der Waals surface area contributed by atoms with Gasteiger partial charge in [0.1, 0.15) is 0 Å². The van der Waals surface area contributed by atoms with E-state index in [1.54, 1.807) is 0 Å². The molecule has 0 aliphatic carbocycles. The molecule has 1 unspecified atom stereocenters. The number of nitrogens with one attached hydrogen (secondary N) is 1. The number of rotatable bonds is 3. The maximum atomic E-state index is 4.15. The minimum absolute atomic E-state index is 0.105. The SMILES string of the molecule is CNC(c1ccc2ccccc2c1)c1csnn1. The topological polar surface area (TPSA) is 37.8 Å². The standard InChI is InChI=1S/C14H13N3S/c1-15-14(13-9-18-17-16-13)12-7-6-10-4-2-3-5-11(10)8-12/h2-9,14-15H,1H3. The Morgan fingerprint density at radius 3 is 2.67 bits per heavy atom. The molecule has 1 atom stereocenters. The molecule has 1 heterocycles. The first kappa shape index (κ1) is 11.3. The highest BCUT2D eigenvalue weighted by Crippen LogP contribution is 2.24. The van der Waals surface area contributed by atoms with Gasteiger partial charge >= 0.3 is 0 Å². The molecule has 0 saturated heterocycles. The average molecular weight is 255 g/mol. The Bertz CT molecular complexity index is 649. The van der Waals surface area contributed by atoms with E-state index < -0.39 is 0 Å². The fraction of sp³-hybridized carbons (Fsp3) is 0.143. The first-order chi connectivity index (χ1) is 8.88. The average Bonchev–Trinajstić information content (AvgIpc) is 2.93. The van der Waals surface area contributed by atoms with E-state index in [1.165, 1.54) is 27.9 Å². The minimum atomic E-state index is 0.105. The molecule has 2 aromatic carbocycles. The summed E-state index contributed by atoms with van der Waals surface area (Å²) in [6.07, 6.45) is 0. The van der Waals surface area contributed by atoms with Crippen LogP contribution in [0.25, 0.3) is 10.8 Å². The lowest BCUT2D eigenvalue weighted by atomic mass is 10.0. The third-order valence-electron chi connectivity index (χ3n) is 3.07. The molecular formula is C14H13N3S. The third-order valence-corrected chi connectivity index (χ3v) is 3.59. The smallest absolute Gasteiger partial charge is 0.0970 e. The lowest BCUT2D eigenvalue weighted by Gasteiger charge is -2.14. The van der Waals surface area contributed by atoms with Crippen LogP contribution in [-0.2, 0) is 0 Å². The zero-order valence-electron chi connectivity index (χ0n) is 10.00. The molecule has 90 valence electrons. The Balaban J connectivity index is 2.07. The van der Waals surface area contributed by atoms with Crippen LogP contribution in [0.15, 0.2) is 47.8 Å². The Kier molecular flexibility index (Phi) is 3.04. The highest BCUT2D eigenvalue weighted by atomic mass is 32.1. The molecule has 0 aliphatic heterocycles. The van der Waals surface area contributed by atoms with Crippen LogP contribution in [0.3, 0.4) is 0 Å². The molecule has 4 heteroatoms. The minimum Gasteiger partial charge on any atom is -0.308 e. The summed E-state index contributed by atoms with van der Waals surface area (Å²) in [4.78, 5) is 0. The molecule has 1 N–H and O–H groups in total. The van der Waals surface area contributed by atoms with Crippen LogP contribution in [0.1, 0.15) is 17.3 Å². The van der Waals surface area contributed by atoms with E-state index in [0.29, 0.717) is 0 Å². The highest BCUT2D eigenvalue weighted by Gasteiger charge is 2.14. The molecule has 0 radical (unpaired) electrons. The second-order valence-corrected chi connectivity index (χ2v) is 4.77. The number of fused-ring (bicyclic) bond motifs is 1. The summed E-state index contributed by atoms with van der Waals surface area (Å²) in [6.45, 7) is 0. The molecule has 0 aliphatic rings. The van der Waals surface area contributed by atoms with Crippen LogP contribution in [0.2, 0.25) is 0 Å². The quantitative estimate of drug-likeness (QED) is 0.781. The summed E-state index contributed by atoms with van der Waals surface area (Å²) in [5.41, 5.74) is 2.18. The van der Waals surface area contributed by atoms with Gasteiger partial charge in [0.2, 0.25) is 0 Å². The molecule has 3 aromatic rings. The van der Waals surface area contributed by atoms with Crippen molar-refractivity contribution in [2.24, 2.45) is 0 Å². The van der Waals surface area contributed by atoms with E-state index in [1.807, 2.05) is 12.4 Å². The van der Waals surface area contributed by atoms with Gasteiger partial charge in [-0.2, -0.15) is 0 Å². The molecule has 1 aromatic heterocycles. The largest absolute Gasteiger partial charge is 0.308 e. The molecule has 18 heavy (non-hydrogen) atoms. The van der Waals surface area contributed by atoms with Crippen molar-refractivity contribution in [2.75, 3.05) is 7.05 Å². The van der Waals surface area contributed by atoms with Crippen molar-refractivity contribution >= 4 is 22.3 Å². The molecule has 3 nitrogen and oxygen atoms in total. The third kappa shape index (κ3) is 2.00. The fourth-order valence-corrected chi connectivity index (χ4v) is 2.65. The number of hydrogen-bond acceptors (Lipinski definition) is 4. The normalized spacial score (nSPS) is 12.7. The summed E-state index contributed by atoms with van der Waals surface area (Å²) < 4.78 is 3.93. The van der Waals surface area contributed by atoms with Gasteiger partial charge in [0.15, 0.2) is 0 Å². The van der Waals surface area contributed by atoms with Gasteiger partial charge in [-0.25, -0.2) is 0 Å². The number of nitrogens with zero attached hydrogens (tertiary/aromatic N) is 2. The van der Waals surface area contributed by atoms with Crippen molar-refractivity contribution < 1.29 is 0 Å². The summed E-state index contributed by atoms with van der Waals surface area (Å²) in [5.74, 6) is 0. The Labute approximate surface area is 110 Å². The summed E-state index contributed by atoms with van der Waals surface area (Å²) >= 11 is 1.38. The van der Waals surface area contributed by atoms with Gasteiger partial charge in [0, 0.05) is 5.38 Å². The molecule has 0 saturated carbocycles.